The van der Waals surface area contributed by atoms with Crippen molar-refractivity contribution in [2.75, 3.05) is 0 Å². The molecule has 0 spiro atoms. The molecule has 0 amide bonds. The molecular formula is C10H11NO2. The van der Waals surface area contributed by atoms with Crippen molar-refractivity contribution in [3.63, 3.8) is 0 Å². The predicted octanol–water partition coefficient (Wildman–Crippen LogP) is 1.37. The highest BCUT2D eigenvalue weighted by atomic mass is 16.3. The van der Waals surface area contributed by atoms with Crippen LogP contribution in [0.1, 0.15) is 34.8 Å². The summed E-state index contributed by atoms with van der Waals surface area (Å²) in [5.41, 5.74) is 7.01. The summed E-state index contributed by atoms with van der Waals surface area (Å²) in [6.07, 6.45) is 1.11. The first kappa shape index (κ1) is 8.26. The zero-order valence-electron chi connectivity index (χ0n) is 7.16. The van der Waals surface area contributed by atoms with Gasteiger partial charge >= 0.3 is 0 Å². The molecule has 0 saturated heterocycles. The molecule has 0 heterocycles. The molecule has 1 aliphatic rings. The van der Waals surface area contributed by atoms with E-state index in [4.69, 9.17) is 5.73 Å². The molecule has 0 aromatic heterocycles. The Hall–Kier alpha value is -1.35. The van der Waals surface area contributed by atoms with E-state index in [1.54, 1.807) is 12.1 Å². The van der Waals surface area contributed by atoms with Crippen molar-refractivity contribution < 1.29 is 9.90 Å². The maximum absolute atomic E-state index is 11.4. The predicted molar refractivity (Wildman–Crippen MR) is 48.6 cm³/mol. The summed E-state index contributed by atoms with van der Waals surface area (Å²) in [4.78, 5) is 11.4. The molecule has 1 aliphatic carbocycles. The number of nitrogens with two attached hydrogens (primary N) is 1. The van der Waals surface area contributed by atoms with Crippen LogP contribution in [-0.2, 0) is 0 Å². The molecule has 1 unspecified atom stereocenters. The normalized spacial score (nSPS) is 21.3. The molecule has 2 rings (SSSR count). The quantitative estimate of drug-likeness (QED) is 0.629. The van der Waals surface area contributed by atoms with Crippen LogP contribution in [0.5, 0.6) is 5.75 Å². The highest BCUT2D eigenvalue weighted by Crippen LogP contribution is 2.32. The molecule has 1 aromatic rings. The first-order valence-corrected chi connectivity index (χ1v) is 4.31. The van der Waals surface area contributed by atoms with Gasteiger partial charge in [0.15, 0.2) is 5.78 Å². The minimum atomic E-state index is -0.111. The molecule has 13 heavy (non-hydrogen) atoms. The van der Waals surface area contributed by atoms with E-state index in [1.807, 2.05) is 0 Å². The molecule has 0 radical (unpaired) electrons. The Balaban J connectivity index is 2.63. The first-order chi connectivity index (χ1) is 6.20. The van der Waals surface area contributed by atoms with E-state index in [-0.39, 0.29) is 17.6 Å². The molecule has 0 fully saturated rings. The number of fused-ring (bicyclic) bond motifs is 1. The number of carbonyl (C=O) groups is 1. The van der Waals surface area contributed by atoms with Crippen molar-refractivity contribution in [2.24, 2.45) is 5.73 Å². The number of hydrogen-bond acceptors (Lipinski definition) is 3. The van der Waals surface area contributed by atoms with Gasteiger partial charge < -0.3 is 10.8 Å². The number of aromatic hydroxyl groups is 1. The Bertz CT molecular complexity index is 360. The average Bonchev–Trinajstić information content (AvgIpc) is 2.12. The van der Waals surface area contributed by atoms with Crippen LogP contribution < -0.4 is 5.73 Å². The van der Waals surface area contributed by atoms with Crippen LogP contribution in [0.25, 0.3) is 0 Å². The van der Waals surface area contributed by atoms with Gasteiger partial charge in [-0.05, 0) is 18.1 Å². The molecule has 1 aromatic carbocycles. The lowest BCUT2D eigenvalue weighted by Gasteiger charge is -2.21. The molecule has 3 heteroatoms. The number of phenolic OH excluding ortho intramolecular Hbond substituents is 1. The maximum atomic E-state index is 11.4. The van der Waals surface area contributed by atoms with Crippen LogP contribution in [0.4, 0.5) is 0 Å². The monoisotopic (exact) mass is 177 g/mol. The average molecular weight is 177 g/mol. The number of hydrogen-bond donors (Lipinski definition) is 2. The number of benzene rings is 1. The Kier molecular flexibility index (Phi) is 1.81. The summed E-state index contributed by atoms with van der Waals surface area (Å²) in [6, 6.07) is 4.93. The zero-order chi connectivity index (χ0) is 9.42. The highest BCUT2D eigenvalue weighted by Gasteiger charge is 2.25. The van der Waals surface area contributed by atoms with Crippen molar-refractivity contribution in [1.29, 1.82) is 0 Å². The van der Waals surface area contributed by atoms with Gasteiger partial charge in [-0.15, -0.1) is 0 Å². The summed E-state index contributed by atoms with van der Waals surface area (Å²) in [5.74, 6) is 0.0486. The summed E-state index contributed by atoms with van der Waals surface area (Å²) in [6.45, 7) is 0. The van der Waals surface area contributed by atoms with Crippen LogP contribution in [-0.4, -0.2) is 10.9 Å². The Labute approximate surface area is 76.2 Å². The molecule has 68 valence electrons. The lowest BCUT2D eigenvalue weighted by atomic mass is 9.87. The molecule has 0 bridgehead atoms. The SMILES string of the molecule is NC1CCC(=O)c2c(O)cccc21. The van der Waals surface area contributed by atoms with Crippen LogP contribution in [0.3, 0.4) is 0 Å². The van der Waals surface area contributed by atoms with Crippen molar-refractivity contribution in [3.05, 3.63) is 29.3 Å². The fraction of sp³-hybridized carbons (Fsp3) is 0.300. The van der Waals surface area contributed by atoms with Gasteiger partial charge in [-0.25, -0.2) is 0 Å². The Morgan fingerprint density at radius 1 is 1.46 bits per heavy atom. The van der Waals surface area contributed by atoms with Crippen molar-refractivity contribution in [2.45, 2.75) is 18.9 Å². The minimum absolute atomic E-state index is 0.00481. The lowest BCUT2D eigenvalue weighted by Crippen LogP contribution is -2.21. The second-order valence-electron chi connectivity index (χ2n) is 3.31. The summed E-state index contributed by atoms with van der Waals surface area (Å²) < 4.78 is 0. The highest BCUT2D eigenvalue weighted by molar-refractivity contribution is 6.01. The molecule has 0 aliphatic heterocycles. The van der Waals surface area contributed by atoms with E-state index in [0.29, 0.717) is 18.4 Å². The first-order valence-electron chi connectivity index (χ1n) is 4.31. The smallest absolute Gasteiger partial charge is 0.167 e. The summed E-state index contributed by atoms with van der Waals surface area (Å²) in [7, 11) is 0. The van der Waals surface area contributed by atoms with E-state index in [0.717, 1.165) is 5.56 Å². The fourth-order valence-corrected chi connectivity index (χ4v) is 1.74. The van der Waals surface area contributed by atoms with Gasteiger partial charge in [0.2, 0.25) is 0 Å². The molecule has 0 saturated carbocycles. The standard InChI is InChI=1S/C10H11NO2/c11-7-4-5-9(13)10-6(7)2-1-3-8(10)12/h1-3,7,12H,4-5,11H2. The Morgan fingerprint density at radius 3 is 2.92 bits per heavy atom. The summed E-state index contributed by atoms with van der Waals surface area (Å²) >= 11 is 0. The van der Waals surface area contributed by atoms with Crippen molar-refractivity contribution >= 4 is 5.78 Å². The van der Waals surface area contributed by atoms with Gasteiger partial charge in [0.25, 0.3) is 0 Å². The van der Waals surface area contributed by atoms with Gasteiger partial charge in [0.05, 0.1) is 5.56 Å². The van der Waals surface area contributed by atoms with E-state index in [2.05, 4.69) is 0 Å². The van der Waals surface area contributed by atoms with Crippen molar-refractivity contribution in [1.82, 2.24) is 0 Å². The topological polar surface area (TPSA) is 63.3 Å². The molecule has 3 nitrogen and oxygen atoms in total. The molecule has 3 N–H and O–H groups in total. The second kappa shape index (κ2) is 2.85. The minimum Gasteiger partial charge on any atom is -0.507 e. The van der Waals surface area contributed by atoms with Crippen LogP contribution in [0.15, 0.2) is 18.2 Å². The van der Waals surface area contributed by atoms with Gasteiger partial charge in [0.1, 0.15) is 5.75 Å². The van der Waals surface area contributed by atoms with E-state index < -0.39 is 0 Å². The number of Topliss-reactive ketones (excluding diaryl/α,β-unsaturated/α-hetero) is 1. The fourth-order valence-electron chi connectivity index (χ4n) is 1.74. The summed E-state index contributed by atoms with van der Waals surface area (Å²) in [5, 5.41) is 9.47. The van der Waals surface area contributed by atoms with Crippen LogP contribution in [0, 0.1) is 0 Å². The molecular weight excluding hydrogens is 166 g/mol. The van der Waals surface area contributed by atoms with Gasteiger partial charge in [0, 0.05) is 12.5 Å². The zero-order valence-corrected chi connectivity index (χ0v) is 7.16. The number of rotatable bonds is 0. The lowest BCUT2D eigenvalue weighted by molar-refractivity contribution is 0.0964. The van der Waals surface area contributed by atoms with Gasteiger partial charge in [-0.2, -0.15) is 0 Å². The van der Waals surface area contributed by atoms with Crippen LogP contribution in [0.2, 0.25) is 0 Å². The van der Waals surface area contributed by atoms with Crippen molar-refractivity contribution in [3.8, 4) is 5.75 Å². The number of ketones is 1. The van der Waals surface area contributed by atoms with Crippen LogP contribution >= 0.6 is 0 Å². The molecule has 1 atom stereocenters. The Morgan fingerprint density at radius 2 is 2.23 bits per heavy atom. The third-order valence-electron chi connectivity index (χ3n) is 2.44. The second-order valence-corrected chi connectivity index (χ2v) is 3.31. The largest absolute Gasteiger partial charge is 0.507 e. The van der Waals surface area contributed by atoms with E-state index >= 15 is 0 Å². The van der Waals surface area contributed by atoms with Gasteiger partial charge in [-0.1, -0.05) is 12.1 Å². The third kappa shape index (κ3) is 1.21. The maximum Gasteiger partial charge on any atom is 0.167 e. The van der Waals surface area contributed by atoms with E-state index in [9.17, 15) is 9.90 Å². The third-order valence-corrected chi connectivity index (χ3v) is 2.44. The van der Waals surface area contributed by atoms with Gasteiger partial charge in [-0.3, -0.25) is 4.79 Å². The van der Waals surface area contributed by atoms with E-state index in [1.165, 1.54) is 6.07 Å². The number of phenols is 1. The number of carbonyl (C=O) groups excluding carboxylic acids is 1.